The number of nitrogens with zero attached hydrogens (tertiary/aromatic N) is 5. The Bertz CT molecular complexity index is 686. The average molecular weight is 316 g/mol. The van der Waals surface area contributed by atoms with Gasteiger partial charge in [-0.25, -0.2) is 4.68 Å². The molecule has 0 saturated carbocycles. The zero-order valence-corrected chi connectivity index (χ0v) is 13.2. The molecule has 2 N–H and O–H groups in total. The number of tetrazole rings is 1. The molecular weight excluding hydrogens is 296 g/mol. The van der Waals surface area contributed by atoms with Crippen molar-refractivity contribution in [2.24, 2.45) is 5.73 Å². The lowest BCUT2D eigenvalue weighted by Gasteiger charge is -2.17. The number of anilines is 1. The van der Waals surface area contributed by atoms with Crippen molar-refractivity contribution in [3.8, 4) is 11.4 Å². The number of rotatable bonds is 3. The van der Waals surface area contributed by atoms with E-state index in [1.54, 1.807) is 4.68 Å². The van der Waals surface area contributed by atoms with Gasteiger partial charge in [-0.05, 0) is 34.7 Å². The molecule has 23 heavy (non-hydrogen) atoms. The van der Waals surface area contributed by atoms with Crippen LogP contribution in [-0.4, -0.2) is 65.8 Å². The van der Waals surface area contributed by atoms with E-state index in [0.29, 0.717) is 19.0 Å². The summed E-state index contributed by atoms with van der Waals surface area (Å²) in [4.78, 5) is 2.05. The molecule has 3 heterocycles. The molecule has 122 valence electrons. The number of fused-ring (bicyclic) bond motifs is 1. The number of benzene rings is 1. The minimum Gasteiger partial charge on any atom is -0.378 e. The minimum absolute atomic E-state index is 0.0490. The number of hydrogen-bond donors (Lipinski definition) is 1. The Hall–Kier alpha value is -2.03. The van der Waals surface area contributed by atoms with Gasteiger partial charge < -0.3 is 20.1 Å². The summed E-state index contributed by atoms with van der Waals surface area (Å²) in [6.45, 7) is 1.03. The van der Waals surface area contributed by atoms with E-state index in [1.807, 2.05) is 38.4 Å². The van der Waals surface area contributed by atoms with E-state index in [1.165, 1.54) is 0 Å². The molecule has 0 radical (unpaired) electrons. The fourth-order valence-electron chi connectivity index (χ4n) is 3.23. The smallest absolute Gasteiger partial charge is 0.182 e. The highest BCUT2D eigenvalue weighted by atomic mass is 16.6. The van der Waals surface area contributed by atoms with Crippen molar-refractivity contribution in [3.63, 3.8) is 0 Å². The van der Waals surface area contributed by atoms with Gasteiger partial charge in [-0.3, -0.25) is 0 Å². The maximum Gasteiger partial charge on any atom is 0.182 e. The fraction of sp³-hybridized carbons (Fsp3) is 0.533. The molecule has 1 aromatic heterocycles. The SMILES string of the molecule is CN(C)c1ccc(-c2nnnn2[C@H]2CO[C@H]3[C@@H]2OC[C@@H]3N)cc1. The van der Waals surface area contributed by atoms with Crippen molar-refractivity contribution in [2.45, 2.75) is 24.3 Å². The van der Waals surface area contributed by atoms with Gasteiger partial charge in [0.1, 0.15) is 18.2 Å². The van der Waals surface area contributed by atoms with Crippen LogP contribution in [0.5, 0.6) is 0 Å². The quantitative estimate of drug-likeness (QED) is 0.857. The van der Waals surface area contributed by atoms with Crippen molar-refractivity contribution < 1.29 is 9.47 Å². The molecule has 4 rings (SSSR count). The third kappa shape index (κ3) is 2.39. The molecule has 2 aromatic rings. The lowest BCUT2D eigenvalue weighted by atomic mass is 10.1. The molecule has 0 aliphatic carbocycles. The maximum atomic E-state index is 6.01. The zero-order valence-electron chi connectivity index (χ0n) is 13.2. The van der Waals surface area contributed by atoms with Crippen molar-refractivity contribution in [1.29, 1.82) is 0 Å². The van der Waals surface area contributed by atoms with Crippen LogP contribution >= 0.6 is 0 Å². The predicted octanol–water partition coefficient (Wildman–Crippen LogP) is 0.0721. The van der Waals surface area contributed by atoms with Crippen LogP contribution in [0.1, 0.15) is 6.04 Å². The first-order valence-electron chi connectivity index (χ1n) is 7.69. The summed E-state index contributed by atoms with van der Waals surface area (Å²) < 4.78 is 13.4. The molecule has 4 atom stereocenters. The van der Waals surface area contributed by atoms with Crippen molar-refractivity contribution in [2.75, 3.05) is 32.2 Å². The van der Waals surface area contributed by atoms with E-state index >= 15 is 0 Å². The number of ether oxygens (including phenoxy) is 2. The molecule has 8 heteroatoms. The van der Waals surface area contributed by atoms with Gasteiger partial charge in [0.25, 0.3) is 0 Å². The van der Waals surface area contributed by atoms with Crippen LogP contribution in [0.25, 0.3) is 11.4 Å². The first kappa shape index (κ1) is 14.6. The third-order valence-electron chi connectivity index (χ3n) is 4.51. The van der Waals surface area contributed by atoms with Gasteiger partial charge in [0.05, 0.1) is 19.3 Å². The zero-order chi connectivity index (χ0) is 16.0. The Morgan fingerprint density at radius 3 is 2.61 bits per heavy atom. The summed E-state index contributed by atoms with van der Waals surface area (Å²) in [5, 5.41) is 12.2. The van der Waals surface area contributed by atoms with Crippen LogP contribution in [-0.2, 0) is 9.47 Å². The molecular formula is C15H20N6O2. The monoisotopic (exact) mass is 316 g/mol. The van der Waals surface area contributed by atoms with E-state index in [-0.39, 0.29) is 24.3 Å². The van der Waals surface area contributed by atoms with Crippen LogP contribution in [0.3, 0.4) is 0 Å². The lowest BCUT2D eigenvalue weighted by molar-refractivity contribution is 0.0629. The highest BCUT2D eigenvalue weighted by Crippen LogP contribution is 2.35. The highest BCUT2D eigenvalue weighted by molar-refractivity contribution is 5.60. The maximum absolute atomic E-state index is 6.01. The number of nitrogens with two attached hydrogens (primary N) is 1. The van der Waals surface area contributed by atoms with E-state index in [2.05, 4.69) is 20.4 Å². The summed E-state index contributed by atoms with van der Waals surface area (Å²) in [6.07, 6.45) is -0.165. The van der Waals surface area contributed by atoms with Crippen LogP contribution in [0.2, 0.25) is 0 Å². The van der Waals surface area contributed by atoms with E-state index in [0.717, 1.165) is 11.3 Å². The molecule has 2 aliphatic heterocycles. The minimum atomic E-state index is -0.0895. The van der Waals surface area contributed by atoms with Gasteiger partial charge in [0, 0.05) is 25.3 Å². The molecule has 0 unspecified atom stereocenters. The predicted molar refractivity (Wildman–Crippen MR) is 84.1 cm³/mol. The second kappa shape index (κ2) is 5.55. The lowest BCUT2D eigenvalue weighted by Crippen LogP contribution is -2.36. The second-order valence-electron chi connectivity index (χ2n) is 6.22. The Labute approximate surface area is 134 Å². The van der Waals surface area contributed by atoms with E-state index in [4.69, 9.17) is 15.2 Å². The van der Waals surface area contributed by atoms with Crippen LogP contribution < -0.4 is 10.6 Å². The van der Waals surface area contributed by atoms with Gasteiger partial charge in [-0.1, -0.05) is 0 Å². The first-order chi connectivity index (χ1) is 11.1. The van der Waals surface area contributed by atoms with Crippen molar-refractivity contribution in [3.05, 3.63) is 24.3 Å². The molecule has 2 saturated heterocycles. The normalized spacial score (nSPS) is 29.7. The van der Waals surface area contributed by atoms with E-state index in [9.17, 15) is 0 Å². The molecule has 0 bridgehead atoms. The summed E-state index contributed by atoms with van der Waals surface area (Å²) >= 11 is 0. The second-order valence-corrected chi connectivity index (χ2v) is 6.22. The summed E-state index contributed by atoms with van der Waals surface area (Å²) in [5.74, 6) is 0.716. The van der Waals surface area contributed by atoms with Gasteiger partial charge in [0.15, 0.2) is 5.82 Å². The largest absolute Gasteiger partial charge is 0.378 e. The van der Waals surface area contributed by atoms with Crippen molar-refractivity contribution >= 4 is 5.69 Å². The standard InChI is InChI=1S/C15H20N6O2/c1-20(2)10-5-3-9(4-6-10)15-17-18-19-21(15)12-8-23-13-11(16)7-22-14(12)13/h3-6,11-14H,7-8,16H2,1-2H3/t11-,12-,13+,14+/m0/s1. The highest BCUT2D eigenvalue weighted by Gasteiger charge is 2.48. The number of aromatic nitrogens is 4. The molecule has 8 nitrogen and oxygen atoms in total. The van der Waals surface area contributed by atoms with Gasteiger partial charge in [-0.2, -0.15) is 0 Å². The topological polar surface area (TPSA) is 91.3 Å². The third-order valence-corrected chi connectivity index (χ3v) is 4.51. The molecule has 0 spiro atoms. The van der Waals surface area contributed by atoms with Gasteiger partial charge in [-0.15, -0.1) is 5.10 Å². The van der Waals surface area contributed by atoms with Crippen LogP contribution in [0.15, 0.2) is 24.3 Å². The van der Waals surface area contributed by atoms with Gasteiger partial charge in [0.2, 0.25) is 0 Å². The molecule has 0 amide bonds. The Morgan fingerprint density at radius 1 is 1.13 bits per heavy atom. The summed E-state index contributed by atoms with van der Waals surface area (Å²) in [6, 6.07) is 8.00. The molecule has 2 aliphatic rings. The van der Waals surface area contributed by atoms with Gasteiger partial charge >= 0.3 is 0 Å². The number of hydrogen-bond acceptors (Lipinski definition) is 7. The first-order valence-corrected chi connectivity index (χ1v) is 7.69. The molecule has 2 fully saturated rings. The molecule has 1 aromatic carbocycles. The average Bonchev–Trinajstić information content (AvgIpc) is 3.25. The fourth-order valence-corrected chi connectivity index (χ4v) is 3.23. The summed E-state index contributed by atoms with van der Waals surface area (Å²) in [5.41, 5.74) is 8.11. The summed E-state index contributed by atoms with van der Waals surface area (Å²) in [7, 11) is 4.02. The Morgan fingerprint density at radius 2 is 1.87 bits per heavy atom. The van der Waals surface area contributed by atoms with Crippen LogP contribution in [0.4, 0.5) is 5.69 Å². The van der Waals surface area contributed by atoms with Crippen LogP contribution in [0, 0.1) is 0 Å². The van der Waals surface area contributed by atoms with E-state index < -0.39 is 0 Å². The Kier molecular flexibility index (Phi) is 3.51. The van der Waals surface area contributed by atoms with Crippen molar-refractivity contribution in [1.82, 2.24) is 20.2 Å². The Balaban J connectivity index is 1.64.